The van der Waals surface area contributed by atoms with Crippen LogP contribution < -0.4 is 14.7 Å². The first kappa shape index (κ1) is 36.6. The van der Waals surface area contributed by atoms with E-state index in [0.717, 1.165) is 55.8 Å². The van der Waals surface area contributed by atoms with E-state index < -0.39 is 5.41 Å². The van der Waals surface area contributed by atoms with Crippen LogP contribution in [0.3, 0.4) is 0 Å². The number of hydrogen-bond acceptors (Lipinski definition) is 5. The van der Waals surface area contributed by atoms with Crippen molar-refractivity contribution in [3.63, 3.8) is 0 Å². The molecular weight excluding hydrogens is 671 g/mol. The van der Waals surface area contributed by atoms with E-state index in [9.17, 15) is 0 Å². The fraction of sp³-hybridized carbons (Fsp3) is 0.360. The molecule has 0 N–H and O–H groups in total. The number of azo groups is 1. The molecule has 0 aromatic heterocycles. The molecule has 0 saturated heterocycles. The minimum Gasteiger partial charge on any atom is -0.341 e. The summed E-state index contributed by atoms with van der Waals surface area (Å²) in [4.78, 5) is 7.69. The highest BCUT2D eigenvalue weighted by molar-refractivity contribution is 6.02. The molecule has 0 spiro atoms. The molecular formula is C50H55N5. The lowest BCUT2D eigenvalue weighted by atomic mass is 9.61. The van der Waals surface area contributed by atoms with Crippen LogP contribution in [0.5, 0.6) is 0 Å². The van der Waals surface area contributed by atoms with Gasteiger partial charge in [0.25, 0.3) is 0 Å². The molecule has 5 heteroatoms. The number of hydrogen-bond donors (Lipinski definition) is 0. The quantitative estimate of drug-likeness (QED) is 0.118. The third kappa shape index (κ3) is 6.02. The van der Waals surface area contributed by atoms with E-state index in [2.05, 4.69) is 174 Å². The second-order valence-corrected chi connectivity index (χ2v) is 17.5. The van der Waals surface area contributed by atoms with E-state index in [1.165, 1.54) is 61.9 Å². The molecule has 0 amide bonds. The van der Waals surface area contributed by atoms with Crippen LogP contribution in [0.4, 0.5) is 45.5 Å². The van der Waals surface area contributed by atoms with E-state index in [-0.39, 0.29) is 10.8 Å². The van der Waals surface area contributed by atoms with Crippen molar-refractivity contribution in [3.8, 4) is 11.8 Å². The van der Waals surface area contributed by atoms with Gasteiger partial charge in [0.1, 0.15) is 5.41 Å². The van der Waals surface area contributed by atoms with E-state index in [0.29, 0.717) is 0 Å². The van der Waals surface area contributed by atoms with Crippen LogP contribution in [0.15, 0.2) is 107 Å². The summed E-state index contributed by atoms with van der Waals surface area (Å²) in [5.74, 6) is 7.82. The van der Waals surface area contributed by atoms with Gasteiger partial charge in [-0.3, -0.25) is 0 Å². The molecule has 5 nitrogen and oxygen atoms in total. The maximum atomic E-state index is 4.75. The van der Waals surface area contributed by atoms with E-state index >= 15 is 0 Å². The molecule has 3 aliphatic heterocycles. The molecule has 5 aromatic rings. The Kier molecular flexibility index (Phi) is 9.16. The van der Waals surface area contributed by atoms with Gasteiger partial charge in [-0.05, 0) is 114 Å². The first-order valence-electron chi connectivity index (χ1n) is 20.3. The molecule has 55 heavy (non-hydrogen) atoms. The first-order chi connectivity index (χ1) is 26.4. The van der Waals surface area contributed by atoms with Gasteiger partial charge >= 0.3 is 0 Å². The summed E-state index contributed by atoms with van der Waals surface area (Å²) in [7, 11) is 0. The SMILES string of the molecule is CCCN1c2cccc3c2C2(C#Cc4ccc(N=Nc5cc(C(C)(C)C)cc(C(C)(C)C)c5)cc4)c4c1cccc4N(CCC)c1cccc(c12)N3CCC. The highest BCUT2D eigenvalue weighted by atomic mass is 15.2. The number of anilines is 6. The Hall–Kier alpha value is -5.34. The Balaban J connectivity index is 1.28. The Morgan fingerprint density at radius 1 is 0.491 bits per heavy atom. The second-order valence-electron chi connectivity index (χ2n) is 17.5. The summed E-state index contributed by atoms with van der Waals surface area (Å²) in [6.45, 7) is 23.2. The standard InChI is InChI=1S/C50H55N5/c1-10-28-53-39-16-13-18-41-45(39)50(46-40(53)17-14-19-42(46)55(30-12-3)44-21-15-20-43(47(44)50)54(41)29-11-2)27-26-34-22-24-37(25-23-34)51-52-38-32-35(48(4,5)6)31-36(33-38)49(7,8)9/h13-25,31-33H,10-12,28-30H2,1-9H3. The topological polar surface area (TPSA) is 34.4 Å². The van der Waals surface area contributed by atoms with Gasteiger partial charge in [0.2, 0.25) is 0 Å². The Bertz CT molecular complexity index is 2110. The second kappa shape index (κ2) is 13.7. The molecule has 0 atom stereocenters. The Morgan fingerprint density at radius 2 is 0.855 bits per heavy atom. The van der Waals surface area contributed by atoms with Crippen molar-refractivity contribution in [1.29, 1.82) is 0 Å². The van der Waals surface area contributed by atoms with Crippen LogP contribution in [-0.4, -0.2) is 19.6 Å². The molecule has 3 aliphatic rings. The highest BCUT2D eigenvalue weighted by Crippen LogP contribution is 2.66. The van der Waals surface area contributed by atoms with Gasteiger partial charge in [0.15, 0.2) is 0 Å². The van der Waals surface area contributed by atoms with Crippen LogP contribution in [-0.2, 0) is 16.2 Å². The van der Waals surface area contributed by atoms with Crippen molar-refractivity contribution in [1.82, 2.24) is 0 Å². The predicted molar refractivity (Wildman–Crippen MR) is 232 cm³/mol. The predicted octanol–water partition coefficient (Wildman–Crippen LogP) is 13.7. The fourth-order valence-electron chi connectivity index (χ4n) is 8.86. The maximum absolute atomic E-state index is 4.75. The third-order valence-corrected chi connectivity index (χ3v) is 11.5. The van der Waals surface area contributed by atoms with Crippen LogP contribution >= 0.6 is 0 Å². The van der Waals surface area contributed by atoms with Gasteiger partial charge in [-0.1, -0.05) is 98.4 Å². The minimum absolute atomic E-state index is 0.0171. The summed E-state index contributed by atoms with van der Waals surface area (Å²) in [5.41, 5.74) is 16.2. The van der Waals surface area contributed by atoms with Crippen LogP contribution in [0.25, 0.3) is 0 Å². The average molecular weight is 726 g/mol. The summed E-state index contributed by atoms with van der Waals surface area (Å²) >= 11 is 0. The van der Waals surface area contributed by atoms with E-state index in [1.807, 2.05) is 12.1 Å². The van der Waals surface area contributed by atoms with Gasteiger partial charge in [0, 0.05) is 76.0 Å². The summed E-state index contributed by atoms with van der Waals surface area (Å²) < 4.78 is 0. The van der Waals surface area contributed by atoms with Crippen molar-refractivity contribution in [2.45, 2.75) is 97.8 Å². The van der Waals surface area contributed by atoms with Gasteiger partial charge in [-0.2, -0.15) is 10.2 Å². The maximum Gasteiger partial charge on any atom is 0.119 e. The Morgan fingerprint density at radius 3 is 1.20 bits per heavy atom. The lowest BCUT2D eigenvalue weighted by molar-refractivity contribution is 0.568. The molecule has 0 saturated carbocycles. The number of benzene rings is 5. The monoisotopic (exact) mass is 725 g/mol. The smallest absolute Gasteiger partial charge is 0.119 e. The van der Waals surface area contributed by atoms with Gasteiger partial charge in [0.05, 0.1) is 11.4 Å². The molecule has 0 unspecified atom stereocenters. The third-order valence-electron chi connectivity index (χ3n) is 11.5. The zero-order chi connectivity index (χ0) is 38.7. The Labute approximate surface area is 329 Å². The van der Waals surface area contributed by atoms with Gasteiger partial charge < -0.3 is 14.7 Å². The molecule has 0 aliphatic carbocycles. The van der Waals surface area contributed by atoms with Crippen molar-refractivity contribution in [3.05, 3.63) is 130 Å². The largest absolute Gasteiger partial charge is 0.341 e. The van der Waals surface area contributed by atoms with Crippen molar-refractivity contribution >= 4 is 45.5 Å². The zero-order valence-electron chi connectivity index (χ0n) is 34.2. The summed E-state index contributed by atoms with van der Waals surface area (Å²) in [5, 5.41) is 9.46. The lowest BCUT2D eigenvalue weighted by Crippen LogP contribution is -2.47. The number of rotatable bonds is 8. The normalized spacial score (nSPS) is 14.9. The fourth-order valence-corrected chi connectivity index (χ4v) is 8.86. The van der Waals surface area contributed by atoms with Crippen LogP contribution in [0.1, 0.15) is 115 Å². The molecule has 5 aromatic carbocycles. The molecule has 0 bridgehead atoms. The zero-order valence-corrected chi connectivity index (χ0v) is 34.2. The minimum atomic E-state index is -0.635. The first-order valence-corrected chi connectivity index (χ1v) is 20.3. The average Bonchev–Trinajstić information content (AvgIpc) is 3.17. The molecule has 280 valence electrons. The number of nitrogens with zero attached hydrogens (tertiary/aromatic N) is 5. The van der Waals surface area contributed by atoms with Gasteiger partial charge in [-0.25, -0.2) is 0 Å². The van der Waals surface area contributed by atoms with Crippen molar-refractivity contribution in [2.24, 2.45) is 10.2 Å². The highest BCUT2D eigenvalue weighted by Gasteiger charge is 2.55. The van der Waals surface area contributed by atoms with E-state index in [4.69, 9.17) is 10.2 Å². The van der Waals surface area contributed by atoms with Crippen LogP contribution in [0, 0.1) is 11.8 Å². The summed E-state index contributed by atoms with van der Waals surface area (Å²) in [6, 6.07) is 35.6. The molecule has 0 radical (unpaired) electrons. The summed E-state index contributed by atoms with van der Waals surface area (Å²) in [6.07, 6.45) is 3.15. The van der Waals surface area contributed by atoms with Crippen LogP contribution in [0.2, 0.25) is 0 Å². The van der Waals surface area contributed by atoms with Crippen molar-refractivity contribution in [2.75, 3.05) is 34.3 Å². The molecule has 3 heterocycles. The van der Waals surface area contributed by atoms with E-state index in [1.54, 1.807) is 0 Å². The molecule has 0 fully saturated rings. The van der Waals surface area contributed by atoms with Gasteiger partial charge in [-0.15, -0.1) is 0 Å². The molecule has 8 rings (SSSR count). The lowest BCUT2D eigenvalue weighted by Gasteiger charge is -2.54. The van der Waals surface area contributed by atoms with Crippen molar-refractivity contribution < 1.29 is 0 Å².